The normalized spacial score (nSPS) is 10.9. The molecule has 1 amide bonds. The molecule has 0 unspecified atom stereocenters. The van der Waals surface area contributed by atoms with E-state index >= 15 is 0 Å². The lowest BCUT2D eigenvalue weighted by molar-refractivity contribution is -0.384. The number of benzene rings is 3. The summed E-state index contributed by atoms with van der Waals surface area (Å²) in [6.07, 6.45) is 2.93. The van der Waals surface area contributed by atoms with Crippen LogP contribution in [0.2, 0.25) is 0 Å². The zero-order chi connectivity index (χ0) is 22.3. The first-order valence-electron chi connectivity index (χ1n) is 9.89. The van der Waals surface area contributed by atoms with Crippen molar-refractivity contribution in [1.82, 2.24) is 10.3 Å². The number of aromatic nitrogens is 1. The van der Waals surface area contributed by atoms with E-state index in [1.54, 1.807) is 29.5 Å². The Bertz CT molecular complexity index is 1280. The summed E-state index contributed by atoms with van der Waals surface area (Å²) in [5, 5.41) is 16.7. The van der Waals surface area contributed by atoms with Crippen molar-refractivity contribution in [1.29, 1.82) is 0 Å². The van der Waals surface area contributed by atoms with Gasteiger partial charge in [0.25, 0.3) is 5.69 Å². The average Bonchev–Trinajstić information content (AvgIpc) is 3.33. The summed E-state index contributed by atoms with van der Waals surface area (Å²) in [6.45, 7) is 0.364. The van der Waals surface area contributed by atoms with Crippen LogP contribution < -0.4 is 5.32 Å². The van der Waals surface area contributed by atoms with Crippen molar-refractivity contribution < 1.29 is 9.72 Å². The Hall–Kier alpha value is -4.10. The first kappa shape index (κ1) is 21.1. The third-order valence-corrected chi connectivity index (χ3v) is 5.61. The van der Waals surface area contributed by atoms with Crippen LogP contribution in [0.25, 0.3) is 27.9 Å². The molecule has 0 radical (unpaired) electrons. The molecule has 1 N–H and O–H groups in total. The molecule has 0 saturated carbocycles. The second kappa shape index (κ2) is 9.80. The van der Waals surface area contributed by atoms with E-state index < -0.39 is 4.92 Å². The Labute approximate surface area is 189 Å². The van der Waals surface area contributed by atoms with E-state index in [0.29, 0.717) is 12.1 Å². The maximum atomic E-state index is 12.2. The highest BCUT2D eigenvalue weighted by molar-refractivity contribution is 7.13. The highest BCUT2D eigenvalue weighted by Crippen LogP contribution is 2.29. The summed E-state index contributed by atoms with van der Waals surface area (Å²) < 4.78 is 0. The number of amides is 1. The molecule has 0 saturated heterocycles. The second-order valence-corrected chi connectivity index (χ2v) is 7.87. The Morgan fingerprint density at radius 1 is 1.00 bits per heavy atom. The quantitative estimate of drug-likeness (QED) is 0.226. The lowest BCUT2D eigenvalue weighted by Crippen LogP contribution is -2.20. The van der Waals surface area contributed by atoms with Gasteiger partial charge in [-0.05, 0) is 23.3 Å². The van der Waals surface area contributed by atoms with Gasteiger partial charge in [0.15, 0.2) is 0 Å². The van der Waals surface area contributed by atoms with E-state index in [0.717, 1.165) is 27.4 Å². The second-order valence-electron chi connectivity index (χ2n) is 7.01. The number of rotatable bonds is 7. The molecule has 0 aliphatic heterocycles. The average molecular weight is 442 g/mol. The maximum absolute atomic E-state index is 12.2. The van der Waals surface area contributed by atoms with Crippen LogP contribution in [0.3, 0.4) is 0 Å². The predicted octanol–water partition coefficient (Wildman–Crippen LogP) is 5.71. The fourth-order valence-corrected chi connectivity index (χ4v) is 3.95. The van der Waals surface area contributed by atoms with Gasteiger partial charge >= 0.3 is 0 Å². The van der Waals surface area contributed by atoms with Gasteiger partial charge in [-0.2, -0.15) is 0 Å². The van der Waals surface area contributed by atoms with Crippen LogP contribution in [-0.4, -0.2) is 15.8 Å². The minimum Gasteiger partial charge on any atom is -0.348 e. The summed E-state index contributed by atoms with van der Waals surface area (Å²) in [5.41, 5.74) is 4.55. The molecule has 4 rings (SSSR count). The van der Waals surface area contributed by atoms with E-state index in [1.807, 2.05) is 60.0 Å². The van der Waals surface area contributed by atoms with Crippen LogP contribution in [0.4, 0.5) is 5.69 Å². The van der Waals surface area contributed by atoms with Crippen LogP contribution in [0.15, 0.2) is 90.3 Å². The van der Waals surface area contributed by atoms with Gasteiger partial charge in [0, 0.05) is 41.3 Å². The molecule has 0 atom stereocenters. The number of hydrogen-bond acceptors (Lipinski definition) is 5. The van der Waals surface area contributed by atoms with Crippen molar-refractivity contribution in [3.63, 3.8) is 0 Å². The maximum Gasteiger partial charge on any atom is 0.270 e. The van der Waals surface area contributed by atoms with Gasteiger partial charge in [-0.25, -0.2) is 4.98 Å². The van der Waals surface area contributed by atoms with Gasteiger partial charge in [0.1, 0.15) is 5.01 Å². The van der Waals surface area contributed by atoms with Crippen LogP contribution in [-0.2, 0) is 11.3 Å². The lowest BCUT2D eigenvalue weighted by atomic mass is 10.1. The van der Waals surface area contributed by atoms with E-state index in [2.05, 4.69) is 5.32 Å². The van der Waals surface area contributed by atoms with E-state index in [4.69, 9.17) is 4.98 Å². The molecule has 3 aromatic carbocycles. The molecule has 32 heavy (non-hydrogen) atoms. The minimum absolute atomic E-state index is 0.0121. The molecule has 0 spiro atoms. The Morgan fingerprint density at radius 3 is 2.59 bits per heavy atom. The Kier molecular flexibility index (Phi) is 6.48. The van der Waals surface area contributed by atoms with Gasteiger partial charge in [-0.15, -0.1) is 11.3 Å². The number of nitrogens with zero attached hydrogens (tertiary/aromatic N) is 2. The van der Waals surface area contributed by atoms with Crippen molar-refractivity contribution in [2.24, 2.45) is 0 Å². The first-order chi connectivity index (χ1) is 15.6. The van der Waals surface area contributed by atoms with Gasteiger partial charge in [0.2, 0.25) is 5.91 Å². The van der Waals surface area contributed by atoms with Crippen molar-refractivity contribution in [2.45, 2.75) is 6.54 Å². The molecule has 0 fully saturated rings. The van der Waals surface area contributed by atoms with Crippen molar-refractivity contribution in [2.75, 3.05) is 0 Å². The molecule has 6 nitrogen and oxygen atoms in total. The van der Waals surface area contributed by atoms with Crippen molar-refractivity contribution in [3.8, 4) is 21.8 Å². The third kappa shape index (κ3) is 5.33. The number of nitro groups is 1. The molecule has 0 aliphatic carbocycles. The summed E-state index contributed by atoms with van der Waals surface area (Å²) >= 11 is 1.58. The van der Waals surface area contributed by atoms with E-state index in [9.17, 15) is 14.9 Å². The van der Waals surface area contributed by atoms with Gasteiger partial charge in [-0.3, -0.25) is 14.9 Å². The number of non-ortho nitro benzene ring substituents is 1. The number of carbonyl (C=O) groups is 1. The number of hydrogen-bond donors (Lipinski definition) is 1. The Balaban J connectivity index is 1.39. The molecule has 1 aromatic heterocycles. The van der Waals surface area contributed by atoms with Crippen LogP contribution in [0.5, 0.6) is 0 Å². The van der Waals surface area contributed by atoms with Gasteiger partial charge in [0.05, 0.1) is 10.6 Å². The molecule has 158 valence electrons. The van der Waals surface area contributed by atoms with Gasteiger partial charge in [-0.1, -0.05) is 60.7 Å². The minimum atomic E-state index is -0.463. The largest absolute Gasteiger partial charge is 0.348 e. The molecule has 0 aliphatic rings. The smallest absolute Gasteiger partial charge is 0.270 e. The SMILES string of the molecule is O=C(/C=C/c1cccc([N+](=O)[O-])c1)NCc1cccc(-c2nc(-c3ccccc3)cs2)c1. The molecular weight excluding hydrogens is 422 g/mol. The molecule has 4 aromatic rings. The van der Waals surface area contributed by atoms with E-state index in [1.165, 1.54) is 18.2 Å². The first-order valence-corrected chi connectivity index (χ1v) is 10.8. The summed E-state index contributed by atoms with van der Waals surface area (Å²) in [5.74, 6) is -0.275. The zero-order valence-corrected chi connectivity index (χ0v) is 17.8. The summed E-state index contributed by atoms with van der Waals surface area (Å²) in [6, 6.07) is 24.1. The monoisotopic (exact) mass is 441 g/mol. The molecule has 7 heteroatoms. The number of nitro benzene ring substituents is 1. The fourth-order valence-electron chi connectivity index (χ4n) is 3.12. The number of nitrogens with one attached hydrogen (secondary N) is 1. The highest BCUT2D eigenvalue weighted by atomic mass is 32.1. The predicted molar refractivity (Wildman–Crippen MR) is 127 cm³/mol. The molecular formula is C25H19N3O3S. The standard InChI is InChI=1S/C25H19N3O3S/c29-24(13-12-18-6-5-11-22(15-18)28(30)31)26-16-19-7-4-10-21(14-19)25-27-23(17-32-25)20-8-2-1-3-9-20/h1-15,17H,16H2,(H,26,29)/b13-12+. The van der Waals surface area contributed by atoms with E-state index in [-0.39, 0.29) is 11.6 Å². The Morgan fingerprint density at radius 2 is 1.78 bits per heavy atom. The van der Waals surface area contributed by atoms with Crippen LogP contribution in [0.1, 0.15) is 11.1 Å². The molecule has 1 heterocycles. The van der Waals surface area contributed by atoms with Crippen molar-refractivity contribution in [3.05, 3.63) is 112 Å². The van der Waals surface area contributed by atoms with Crippen LogP contribution >= 0.6 is 11.3 Å². The number of carbonyl (C=O) groups excluding carboxylic acids is 1. The zero-order valence-electron chi connectivity index (χ0n) is 17.0. The number of thiazole rings is 1. The summed E-state index contributed by atoms with van der Waals surface area (Å²) in [7, 11) is 0. The topological polar surface area (TPSA) is 85.1 Å². The summed E-state index contributed by atoms with van der Waals surface area (Å²) in [4.78, 5) is 27.3. The fraction of sp³-hybridized carbons (Fsp3) is 0.0400. The third-order valence-electron chi connectivity index (χ3n) is 4.72. The lowest BCUT2D eigenvalue weighted by Gasteiger charge is -2.05. The van der Waals surface area contributed by atoms with Gasteiger partial charge < -0.3 is 5.32 Å². The highest BCUT2D eigenvalue weighted by Gasteiger charge is 2.08. The van der Waals surface area contributed by atoms with Crippen LogP contribution in [0, 0.1) is 10.1 Å². The van der Waals surface area contributed by atoms with Crippen molar-refractivity contribution >= 4 is 29.0 Å². The molecule has 0 bridgehead atoms.